The van der Waals surface area contributed by atoms with Gasteiger partial charge in [-0.25, -0.2) is 0 Å². The van der Waals surface area contributed by atoms with Crippen molar-refractivity contribution in [1.29, 1.82) is 0 Å². The normalized spacial score (nSPS) is 10.4. The molecule has 0 saturated heterocycles. The first kappa shape index (κ1) is 14.4. The van der Waals surface area contributed by atoms with Crippen LogP contribution < -0.4 is 0 Å². The summed E-state index contributed by atoms with van der Waals surface area (Å²) in [6.45, 7) is 0. The Bertz CT molecular complexity index is 139. The van der Waals surface area contributed by atoms with Crippen LogP contribution in [0.5, 0.6) is 0 Å². The van der Waals surface area contributed by atoms with E-state index in [1.54, 1.807) is 0 Å². The minimum atomic E-state index is -0.192. The van der Waals surface area contributed by atoms with Crippen LogP contribution in [0, 0.1) is 0 Å². The minimum absolute atomic E-state index is 0.192. The van der Waals surface area contributed by atoms with E-state index in [2.05, 4.69) is 15.9 Å². The summed E-state index contributed by atoms with van der Waals surface area (Å²) in [5, 5.41) is 0.937. The van der Waals surface area contributed by atoms with Gasteiger partial charge in [0.15, 0.2) is 0 Å². The van der Waals surface area contributed by atoms with Crippen molar-refractivity contribution in [2.24, 2.45) is 0 Å². The number of halogens is 2. The van der Waals surface area contributed by atoms with Crippen molar-refractivity contribution in [3.8, 4) is 0 Å². The summed E-state index contributed by atoms with van der Waals surface area (Å²) in [6, 6.07) is 0. The zero-order valence-corrected chi connectivity index (χ0v) is 11.1. The topological polar surface area (TPSA) is 17.1 Å². The van der Waals surface area contributed by atoms with Crippen LogP contribution in [-0.4, -0.2) is 10.6 Å². The maximum Gasteiger partial charge on any atom is 0.221 e. The van der Waals surface area contributed by atoms with E-state index in [1.165, 1.54) is 38.5 Å². The van der Waals surface area contributed by atoms with Gasteiger partial charge in [0.2, 0.25) is 5.24 Å². The first-order valence-electron chi connectivity index (χ1n) is 5.51. The van der Waals surface area contributed by atoms with Crippen molar-refractivity contribution in [3.05, 3.63) is 0 Å². The van der Waals surface area contributed by atoms with Crippen LogP contribution in [0.4, 0.5) is 0 Å². The number of carbonyl (C=O) groups excluding carboxylic acids is 1. The minimum Gasteiger partial charge on any atom is -0.281 e. The van der Waals surface area contributed by atoms with Crippen molar-refractivity contribution in [1.82, 2.24) is 0 Å². The van der Waals surface area contributed by atoms with Gasteiger partial charge in [0.1, 0.15) is 0 Å². The first-order valence-corrected chi connectivity index (χ1v) is 7.01. The molecule has 84 valence electrons. The molecule has 0 radical (unpaired) electrons. The zero-order valence-electron chi connectivity index (χ0n) is 8.74. The SMILES string of the molecule is O=C(Cl)CCCCCCCCCCBr. The second kappa shape index (κ2) is 11.5. The molecule has 0 heterocycles. The molecular formula is C11H20BrClO. The lowest BCUT2D eigenvalue weighted by molar-refractivity contribution is -0.111. The molecule has 0 atom stereocenters. The van der Waals surface area contributed by atoms with Gasteiger partial charge in [-0.3, -0.25) is 4.79 Å². The summed E-state index contributed by atoms with van der Waals surface area (Å²) in [5.41, 5.74) is 0. The molecule has 3 heteroatoms. The van der Waals surface area contributed by atoms with Crippen molar-refractivity contribution < 1.29 is 4.79 Å². The van der Waals surface area contributed by atoms with Gasteiger partial charge in [-0.05, 0) is 24.4 Å². The molecule has 0 aromatic rings. The standard InChI is InChI=1S/C11H20BrClO/c12-10-8-6-4-2-1-3-5-7-9-11(13)14/h1-10H2. The Labute approximate surface area is 101 Å². The lowest BCUT2D eigenvalue weighted by Crippen LogP contribution is -1.86. The average molecular weight is 284 g/mol. The number of rotatable bonds is 10. The summed E-state index contributed by atoms with van der Waals surface area (Å²) in [7, 11) is 0. The third kappa shape index (κ3) is 12.4. The summed E-state index contributed by atoms with van der Waals surface area (Å²) in [6.07, 6.45) is 10.5. The van der Waals surface area contributed by atoms with E-state index < -0.39 is 0 Å². The Morgan fingerprint density at radius 3 is 1.71 bits per heavy atom. The van der Waals surface area contributed by atoms with Crippen molar-refractivity contribution in [3.63, 3.8) is 0 Å². The van der Waals surface area contributed by atoms with Crippen LogP contribution in [0.3, 0.4) is 0 Å². The second-order valence-corrected chi connectivity index (χ2v) is 4.84. The highest BCUT2D eigenvalue weighted by molar-refractivity contribution is 9.09. The van der Waals surface area contributed by atoms with Gasteiger partial charge in [0.25, 0.3) is 0 Å². The molecule has 0 N–H and O–H groups in total. The van der Waals surface area contributed by atoms with Crippen LogP contribution in [0.25, 0.3) is 0 Å². The van der Waals surface area contributed by atoms with Crippen molar-refractivity contribution in [2.75, 3.05) is 5.33 Å². The fourth-order valence-electron chi connectivity index (χ4n) is 1.42. The fraction of sp³-hybridized carbons (Fsp3) is 0.909. The van der Waals surface area contributed by atoms with Crippen LogP contribution in [0.2, 0.25) is 0 Å². The molecule has 0 amide bonds. The molecule has 0 aliphatic rings. The van der Waals surface area contributed by atoms with Gasteiger partial charge in [-0.2, -0.15) is 0 Å². The number of hydrogen-bond donors (Lipinski definition) is 0. The maximum absolute atomic E-state index is 10.4. The molecule has 14 heavy (non-hydrogen) atoms. The molecule has 1 nitrogen and oxygen atoms in total. The van der Waals surface area contributed by atoms with E-state index in [-0.39, 0.29) is 5.24 Å². The molecule has 0 aromatic carbocycles. The van der Waals surface area contributed by atoms with Crippen LogP contribution in [0.15, 0.2) is 0 Å². The monoisotopic (exact) mass is 282 g/mol. The quantitative estimate of drug-likeness (QED) is 0.324. The highest BCUT2D eigenvalue weighted by Crippen LogP contribution is 2.10. The Hall–Kier alpha value is 0.440. The molecule has 0 aliphatic heterocycles. The summed E-state index contributed by atoms with van der Waals surface area (Å²) in [4.78, 5) is 10.4. The van der Waals surface area contributed by atoms with E-state index in [9.17, 15) is 4.79 Å². The predicted octanol–water partition coefficient (Wildman–Crippen LogP) is 4.66. The molecule has 0 bridgehead atoms. The van der Waals surface area contributed by atoms with Gasteiger partial charge in [0.05, 0.1) is 0 Å². The Balaban J connectivity index is 2.88. The highest BCUT2D eigenvalue weighted by atomic mass is 79.9. The van der Waals surface area contributed by atoms with Crippen molar-refractivity contribution in [2.45, 2.75) is 57.8 Å². The molecular weight excluding hydrogens is 263 g/mol. The predicted molar refractivity (Wildman–Crippen MR) is 66.2 cm³/mol. The van der Waals surface area contributed by atoms with Gasteiger partial charge in [0, 0.05) is 11.8 Å². The fourth-order valence-corrected chi connectivity index (χ4v) is 1.95. The summed E-state index contributed by atoms with van der Waals surface area (Å²) in [5.74, 6) is 0. The molecule has 0 unspecified atom stereocenters. The largest absolute Gasteiger partial charge is 0.281 e. The molecule has 0 aliphatic carbocycles. The molecule has 0 saturated carbocycles. The van der Waals surface area contributed by atoms with Crippen molar-refractivity contribution >= 4 is 32.8 Å². The van der Waals surface area contributed by atoms with Crippen LogP contribution >= 0.6 is 27.5 Å². The number of hydrogen-bond acceptors (Lipinski definition) is 1. The molecule has 0 fully saturated rings. The third-order valence-electron chi connectivity index (χ3n) is 2.26. The summed E-state index contributed by atoms with van der Waals surface area (Å²) < 4.78 is 0. The number of unbranched alkanes of at least 4 members (excludes halogenated alkanes) is 7. The summed E-state index contributed by atoms with van der Waals surface area (Å²) >= 11 is 8.65. The van der Waals surface area contributed by atoms with Gasteiger partial charge in [-0.1, -0.05) is 54.5 Å². The van der Waals surface area contributed by atoms with Crippen LogP contribution in [0.1, 0.15) is 57.8 Å². The van der Waals surface area contributed by atoms with E-state index in [0.29, 0.717) is 6.42 Å². The lowest BCUT2D eigenvalue weighted by atomic mass is 10.1. The second-order valence-electron chi connectivity index (χ2n) is 3.62. The Kier molecular flexibility index (Phi) is 11.9. The smallest absolute Gasteiger partial charge is 0.221 e. The number of alkyl halides is 1. The third-order valence-corrected chi connectivity index (χ3v) is 3.01. The van der Waals surface area contributed by atoms with Gasteiger partial charge >= 0.3 is 0 Å². The Morgan fingerprint density at radius 2 is 1.29 bits per heavy atom. The van der Waals surface area contributed by atoms with Gasteiger partial charge < -0.3 is 0 Å². The maximum atomic E-state index is 10.4. The van der Waals surface area contributed by atoms with Gasteiger partial charge in [-0.15, -0.1) is 0 Å². The van der Waals surface area contributed by atoms with Crippen LogP contribution in [-0.2, 0) is 4.79 Å². The zero-order chi connectivity index (χ0) is 10.6. The number of carbonyl (C=O) groups is 1. The first-order chi connectivity index (χ1) is 6.77. The highest BCUT2D eigenvalue weighted by Gasteiger charge is 1.95. The van der Waals surface area contributed by atoms with E-state index in [0.717, 1.165) is 18.2 Å². The Morgan fingerprint density at radius 1 is 0.857 bits per heavy atom. The molecule has 0 rings (SSSR count). The van der Waals surface area contributed by atoms with E-state index in [1.807, 2.05) is 0 Å². The lowest BCUT2D eigenvalue weighted by Gasteiger charge is -2.00. The van der Waals surface area contributed by atoms with E-state index >= 15 is 0 Å². The van der Waals surface area contributed by atoms with E-state index in [4.69, 9.17) is 11.6 Å². The molecule has 0 aromatic heterocycles. The average Bonchev–Trinajstić information content (AvgIpc) is 2.15. The molecule has 0 spiro atoms.